The number of nitrogens with one attached hydrogen (secondary N) is 1. The van der Waals surface area contributed by atoms with Gasteiger partial charge < -0.3 is 14.8 Å². The number of rotatable bonds is 7. The maximum Gasteiger partial charge on any atom is 0.416 e. The molecule has 0 saturated heterocycles. The Morgan fingerprint density at radius 1 is 1.11 bits per heavy atom. The van der Waals surface area contributed by atoms with E-state index in [1.165, 1.54) is 6.92 Å². The van der Waals surface area contributed by atoms with E-state index in [2.05, 4.69) is 5.32 Å². The zero-order chi connectivity index (χ0) is 20.0. The first-order valence-electron chi connectivity index (χ1n) is 8.03. The molecule has 0 heterocycles. The second-order valence-electron chi connectivity index (χ2n) is 5.88. The Labute approximate surface area is 159 Å². The quantitative estimate of drug-likeness (QED) is 0.720. The highest BCUT2D eigenvalue weighted by Crippen LogP contribution is 2.33. The minimum Gasteiger partial charge on any atom is -0.484 e. The summed E-state index contributed by atoms with van der Waals surface area (Å²) in [5.74, 6) is -0.121. The van der Waals surface area contributed by atoms with Crippen LogP contribution in [0.25, 0.3) is 0 Å². The number of anilines is 1. The molecule has 0 atom stereocenters. The third-order valence-corrected chi connectivity index (χ3v) is 3.96. The molecule has 1 amide bonds. The van der Waals surface area contributed by atoms with Crippen molar-refractivity contribution in [3.63, 3.8) is 0 Å². The van der Waals surface area contributed by atoms with Crippen LogP contribution in [0.15, 0.2) is 42.5 Å². The van der Waals surface area contributed by atoms with Gasteiger partial charge in [-0.15, -0.1) is 0 Å². The van der Waals surface area contributed by atoms with Crippen LogP contribution in [0.1, 0.15) is 24.5 Å². The van der Waals surface area contributed by atoms with Gasteiger partial charge in [-0.05, 0) is 49.2 Å². The van der Waals surface area contributed by atoms with Gasteiger partial charge in [0.1, 0.15) is 11.5 Å². The second-order valence-corrected chi connectivity index (χ2v) is 6.28. The van der Waals surface area contributed by atoms with Gasteiger partial charge in [0.2, 0.25) is 0 Å². The fraction of sp³-hybridized carbons (Fsp3) is 0.263. The van der Waals surface area contributed by atoms with Gasteiger partial charge in [-0.3, -0.25) is 4.79 Å². The summed E-state index contributed by atoms with van der Waals surface area (Å²) in [5.41, 5.74) is -0.0957. The molecule has 0 aromatic heterocycles. The second kappa shape index (κ2) is 8.90. The molecule has 0 fully saturated rings. The molecule has 0 aliphatic heterocycles. The molecule has 27 heavy (non-hydrogen) atoms. The van der Waals surface area contributed by atoms with E-state index >= 15 is 0 Å². The number of Topliss-reactive ketones (excluding diaryl/α,β-unsaturated/α-hetero) is 1. The molecule has 0 bridgehead atoms. The highest BCUT2D eigenvalue weighted by Gasteiger charge is 2.31. The number of carbonyl (C=O) groups is 2. The summed E-state index contributed by atoms with van der Waals surface area (Å²) in [6, 6.07) is 9.53. The van der Waals surface area contributed by atoms with Crippen LogP contribution in [-0.2, 0) is 22.2 Å². The third kappa shape index (κ3) is 6.60. The smallest absolute Gasteiger partial charge is 0.416 e. The van der Waals surface area contributed by atoms with E-state index in [0.717, 1.165) is 23.8 Å². The summed E-state index contributed by atoms with van der Waals surface area (Å²) >= 11 is 5.83. The van der Waals surface area contributed by atoms with Crippen molar-refractivity contribution in [1.82, 2.24) is 0 Å². The number of ketones is 1. The lowest BCUT2D eigenvalue weighted by molar-refractivity contribution is -0.137. The van der Waals surface area contributed by atoms with Gasteiger partial charge in [0, 0.05) is 6.42 Å². The molecule has 0 radical (unpaired) electrons. The molecule has 1 N–H and O–H groups in total. The summed E-state index contributed by atoms with van der Waals surface area (Å²) in [7, 11) is 0. The van der Waals surface area contributed by atoms with E-state index in [0.29, 0.717) is 18.6 Å². The highest BCUT2D eigenvalue weighted by molar-refractivity contribution is 6.33. The lowest BCUT2D eigenvalue weighted by Crippen LogP contribution is -2.20. The van der Waals surface area contributed by atoms with Crippen LogP contribution < -0.4 is 10.1 Å². The zero-order valence-electron chi connectivity index (χ0n) is 14.4. The number of hydrogen-bond donors (Lipinski definition) is 1. The lowest BCUT2D eigenvalue weighted by atomic mass is 10.1. The van der Waals surface area contributed by atoms with Crippen molar-refractivity contribution < 1.29 is 27.5 Å². The van der Waals surface area contributed by atoms with Crippen molar-refractivity contribution in [3.8, 4) is 5.75 Å². The molecule has 0 unspecified atom stereocenters. The number of carbonyl (C=O) groups excluding carboxylic acids is 2. The number of aryl methyl sites for hydroxylation is 1. The Hall–Kier alpha value is -2.54. The van der Waals surface area contributed by atoms with E-state index < -0.39 is 17.6 Å². The van der Waals surface area contributed by atoms with Crippen LogP contribution in [0.4, 0.5) is 18.9 Å². The minimum atomic E-state index is -4.54. The standard InChI is InChI=1S/C19H17ClF3NO3/c1-12(25)2-3-13-4-7-15(8-5-13)27-11-18(26)24-17-10-14(19(21,22)23)6-9-16(17)20/h4-10H,2-3,11H2,1H3,(H,24,26). The van der Waals surface area contributed by atoms with Gasteiger partial charge in [-0.1, -0.05) is 23.7 Å². The number of halogens is 4. The summed E-state index contributed by atoms with van der Waals surface area (Å²) in [6.45, 7) is 1.13. The summed E-state index contributed by atoms with van der Waals surface area (Å²) in [6.07, 6.45) is -3.48. The number of benzene rings is 2. The first-order chi connectivity index (χ1) is 12.6. The van der Waals surface area contributed by atoms with Crippen molar-refractivity contribution in [3.05, 3.63) is 58.6 Å². The first-order valence-corrected chi connectivity index (χ1v) is 8.41. The van der Waals surface area contributed by atoms with Crippen LogP contribution in [0, 0.1) is 0 Å². The monoisotopic (exact) mass is 399 g/mol. The van der Waals surface area contributed by atoms with Gasteiger partial charge >= 0.3 is 6.18 Å². The molecule has 0 spiro atoms. The molecule has 2 aromatic rings. The van der Waals surface area contributed by atoms with Crippen molar-refractivity contribution in [2.75, 3.05) is 11.9 Å². The van der Waals surface area contributed by atoms with Crippen LogP contribution >= 0.6 is 11.6 Å². The largest absolute Gasteiger partial charge is 0.484 e. The van der Waals surface area contributed by atoms with Crippen molar-refractivity contribution in [1.29, 1.82) is 0 Å². The number of hydrogen-bond acceptors (Lipinski definition) is 3. The molecule has 8 heteroatoms. The maximum absolute atomic E-state index is 12.7. The predicted molar refractivity (Wildman–Crippen MR) is 96.0 cm³/mol. The molecule has 4 nitrogen and oxygen atoms in total. The van der Waals surface area contributed by atoms with Crippen molar-refractivity contribution >= 4 is 29.0 Å². The fourth-order valence-electron chi connectivity index (χ4n) is 2.21. The van der Waals surface area contributed by atoms with Crippen LogP contribution in [0.3, 0.4) is 0 Å². The normalized spacial score (nSPS) is 11.1. The van der Waals surface area contributed by atoms with E-state index in [4.69, 9.17) is 16.3 Å². The number of ether oxygens (including phenoxy) is 1. The average molecular weight is 400 g/mol. The summed E-state index contributed by atoms with van der Waals surface area (Å²) in [4.78, 5) is 22.9. The van der Waals surface area contributed by atoms with E-state index in [9.17, 15) is 22.8 Å². The average Bonchev–Trinajstić information content (AvgIpc) is 2.60. The first kappa shape index (κ1) is 20.8. The van der Waals surface area contributed by atoms with Gasteiger partial charge in [-0.25, -0.2) is 0 Å². The molecule has 2 rings (SSSR count). The maximum atomic E-state index is 12.7. The minimum absolute atomic E-state index is 0.00817. The Morgan fingerprint density at radius 3 is 2.37 bits per heavy atom. The van der Waals surface area contributed by atoms with Gasteiger partial charge in [0.05, 0.1) is 16.3 Å². The van der Waals surface area contributed by atoms with E-state index in [1.54, 1.807) is 24.3 Å². The van der Waals surface area contributed by atoms with Gasteiger partial charge in [-0.2, -0.15) is 13.2 Å². The van der Waals surface area contributed by atoms with E-state index in [1.807, 2.05) is 0 Å². The Bertz CT molecular complexity index is 820. The predicted octanol–water partition coefficient (Wildman–Crippen LogP) is 4.90. The van der Waals surface area contributed by atoms with Crippen molar-refractivity contribution in [2.45, 2.75) is 25.9 Å². The molecular weight excluding hydrogens is 383 g/mol. The Morgan fingerprint density at radius 2 is 1.78 bits per heavy atom. The zero-order valence-corrected chi connectivity index (χ0v) is 15.2. The lowest BCUT2D eigenvalue weighted by Gasteiger charge is -2.12. The molecule has 0 saturated carbocycles. The van der Waals surface area contributed by atoms with Gasteiger partial charge in [0.15, 0.2) is 6.61 Å². The van der Waals surface area contributed by atoms with Crippen LogP contribution in [-0.4, -0.2) is 18.3 Å². The Kier molecular flexibility index (Phi) is 6.85. The molecule has 0 aliphatic rings. The Balaban J connectivity index is 1.92. The summed E-state index contributed by atoms with van der Waals surface area (Å²) in [5, 5.41) is 2.30. The van der Waals surface area contributed by atoms with Crippen LogP contribution in [0.5, 0.6) is 5.75 Å². The van der Waals surface area contributed by atoms with Crippen molar-refractivity contribution in [2.24, 2.45) is 0 Å². The van der Waals surface area contributed by atoms with E-state index in [-0.39, 0.29) is 23.1 Å². The molecule has 144 valence electrons. The number of amides is 1. The fourth-order valence-corrected chi connectivity index (χ4v) is 2.37. The van der Waals surface area contributed by atoms with Crippen LogP contribution in [0.2, 0.25) is 5.02 Å². The topological polar surface area (TPSA) is 55.4 Å². The molecule has 0 aliphatic carbocycles. The number of alkyl halides is 3. The van der Waals surface area contributed by atoms with Gasteiger partial charge in [0.25, 0.3) is 5.91 Å². The molecular formula is C19H17ClF3NO3. The highest BCUT2D eigenvalue weighted by atomic mass is 35.5. The molecule has 2 aromatic carbocycles. The summed E-state index contributed by atoms with van der Waals surface area (Å²) < 4.78 is 43.5. The third-order valence-electron chi connectivity index (χ3n) is 3.63. The SMILES string of the molecule is CC(=O)CCc1ccc(OCC(=O)Nc2cc(C(F)(F)F)ccc2Cl)cc1.